The highest BCUT2D eigenvalue weighted by molar-refractivity contribution is 6.30. The highest BCUT2D eigenvalue weighted by atomic mass is 35.5. The smallest absolute Gasteiger partial charge is 0.120 e. The Morgan fingerprint density at radius 1 is 1.14 bits per heavy atom. The number of halogens is 1. The van der Waals surface area contributed by atoms with Crippen molar-refractivity contribution in [2.45, 2.75) is 26.3 Å². The third-order valence-corrected chi connectivity index (χ3v) is 3.48. The lowest BCUT2D eigenvalue weighted by atomic mass is 10.0. The molecule has 2 aromatic carbocycles. The number of nitrogens with two attached hydrogens (primary N) is 1. The van der Waals surface area contributed by atoms with E-state index >= 15 is 0 Å². The normalized spacial score (nSPS) is 12.2. The summed E-state index contributed by atoms with van der Waals surface area (Å²) in [5.74, 6) is 6.39. The average Bonchev–Trinajstić information content (AvgIpc) is 2.42. The van der Waals surface area contributed by atoms with Gasteiger partial charge in [-0.3, -0.25) is 11.3 Å². The van der Waals surface area contributed by atoms with E-state index in [-0.39, 0.29) is 6.04 Å². The van der Waals surface area contributed by atoms with Gasteiger partial charge in [0.1, 0.15) is 12.4 Å². The van der Waals surface area contributed by atoms with Gasteiger partial charge in [0.2, 0.25) is 0 Å². The Kier molecular flexibility index (Phi) is 5.62. The van der Waals surface area contributed by atoms with Crippen molar-refractivity contribution in [3.8, 4) is 5.75 Å². The Morgan fingerprint density at radius 2 is 1.86 bits per heavy atom. The highest BCUT2D eigenvalue weighted by Crippen LogP contribution is 2.18. The summed E-state index contributed by atoms with van der Waals surface area (Å²) < 4.78 is 5.75. The fraction of sp³-hybridized carbons (Fsp3) is 0.294. The number of ether oxygens (including phenoxy) is 1. The molecule has 0 saturated heterocycles. The molecule has 0 saturated carbocycles. The first-order valence-electron chi connectivity index (χ1n) is 6.98. The van der Waals surface area contributed by atoms with Crippen LogP contribution in [0.4, 0.5) is 0 Å². The van der Waals surface area contributed by atoms with Crippen LogP contribution in [0.2, 0.25) is 5.02 Å². The summed E-state index contributed by atoms with van der Waals surface area (Å²) in [5, 5.41) is 0.666. The molecule has 0 aliphatic rings. The van der Waals surface area contributed by atoms with E-state index in [0.29, 0.717) is 11.6 Å². The molecule has 2 rings (SSSR count). The molecule has 0 amide bonds. The molecule has 0 aromatic heterocycles. The van der Waals surface area contributed by atoms with E-state index in [1.165, 1.54) is 16.7 Å². The number of benzene rings is 2. The lowest BCUT2D eigenvalue weighted by Gasteiger charge is -2.17. The van der Waals surface area contributed by atoms with Gasteiger partial charge in [-0.05, 0) is 44.0 Å². The molecule has 0 heterocycles. The molecule has 4 heteroatoms. The van der Waals surface area contributed by atoms with E-state index in [9.17, 15) is 0 Å². The van der Waals surface area contributed by atoms with Gasteiger partial charge < -0.3 is 4.74 Å². The Balaban J connectivity index is 1.96. The largest absolute Gasteiger partial charge is 0.492 e. The quantitative estimate of drug-likeness (QED) is 0.635. The van der Waals surface area contributed by atoms with Crippen LogP contribution in [0.15, 0.2) is 42.5 Å². The van der Waals surface area contributed by atoms with Crippen molar-refractivity contribution in [1.29, 1.82) is 0 Å². The zero-order chi connectivity index (χ0) is 15.2. The first-order chi connectivity index (χ1) is 10.1. The number of hydrogen-bond donors (Lipinski definition) is 2. The molecule has 3 nitrogen and oxygen atoms in total. The van der Waals surface area contributed by atoms with Gasteiger partial charge in [0.05, 0.1) is 6.04 Å². The lowest BCUT2D eigenvalue weighted by Crippen LogP contribution is -2.41. The van der Waals surface area contributed by atoms with Crippen molar-refractivity contribution in [2.75, 3.05) is 6.61 Å². The van der Waals surface area contributed by atoms with Gasteiger partial charge in [0, 0.05) is 5.02 Å². The highest BCUT2D eigenvalue weighted by Gasteiger charge is 2.10. The fourth-order valence-electron chi connectivity index (χ4n) is 2.39. The van der Waals surface area contributed by atoms with E-state index in [0.717, 1.165) is 12.2 Å². The second-order valence-electron chi connectivity index (χ2n) is 5.33. The molecule has 0 aliphatic carbocycles. The van der Waals surface area contributed by atoms with Gasteiger partial charge in [0.25, 0.3) is 0 Å². The molecule has 2 aromatic rings. The minimum absolute atomic E-state index is 0.0465. The van der Waals surface area contributed by atoms with Crippen molar-refractivity contribution >= 4 is 11.6 Å². The van der Waals surface area contributed by atoms with Crippen LogP contribution in [-0.2, 0) is 6.42 Å². The van der Waals surface area contributed by atoms with Crippen molar-refractivity contribution in [3.63, 3.8) is 0 Å². The maximum absolute atomic E-state index is 5.94. The summed E-state index contributed by atoms with van der Waals surface area (Å²) in [6.07, 6.45) is 0.819. The van der Waals surface area contributed by atoms with Crippen LogP contribution in [0.3, 0.4) is 0 Å². The Labute approximate surface area is 131 Å². The molecule has 112 valence electrons. The van der Waals surface area contributed by atoms with Gasteiger partial charge >= 0.3 is 0 Å². The summed E-state index contributed by atoms with van der Waals surface area (Å²) in [7, 11) is 0. The van der Waals surface area contributed by atoms with E-state index in [1.807, 2.05) is 18.2 Å². The first kappa shape index (κ1) is 15.8. The number of nitrogens with one attached hydrogen (secondary N) is 1. The summed E-state index contributed by atoms with van der Waals surface area (Å²) in [6, 6.07) is 13.9. The fourth-order valence-corrected chi connectivity index (χ4v) is 2.57. The van der Waals surface area contributed by atoms with Gasteiger partial charge in [-0.15, -0.1) is 0 Å². The molecule has 21 heavy (non-hydrogen) atoms. The van der Waals surface area contributed by atoms with E-state index < -0.39 is 0 Å². The van der Waals surface area contributed by atoms with Crippen LogP contribution < -0.4 is 16.0 Å². The first-order valence-corrected chi connectivity index (χ1v) is 7.36. The van der Waals surface area contributed by atoms with Crippen LogP contribution in [0, 0.1) is 13.8 Å². The summed E-state index contributed by atoms with van der Waals surface area (Å²) in [4.78, 5) is 0. The maximum atomic E-state index is 5.94. The monoisotopic (exact) mass is 304 g/mol. The van der Waals surface area contributed by atoms with Crippen LogP contribution in [0.5, 0.6) is 5.75 Å². The number of rotatable bonds is 6. The third kappa shape index (κ3) is 5.05. The van der Waals surface area contributed by atoms with Crippen LogP contribution in [-0.4, -0.2) is 12.6 Å². The maximum Gasteiger partial charge on any atom is 0.120 e. The second kappa shape index (κ2) is 7.46. The molecule has 0 aliphatic heterocycles. The molecular formula is C17H21ClN2O. The average molecular weight is 305 g/mol. The molecule has 0 spiro atoms. The minimum atomic E-state index is 0.0465. The van der Waals surface area contributed by atoms with Crippen molar-refractivity contribution < 1.29 is 4.74 Å². The number of aryl methyl sites for hydroxylation is 2. The predicted molar refractivity (Wildman–Crippen MR) is 87.7 cm³/mol. The van der Waals surface area contributed by atoms with Gasteiger partial charge in [0.15, 0.2) is 0 Å². The second-order valence-corrected chi connectivity index (χ2v) is 5.77. The molecular weight excluding hydrogens is 284 g/mol. The van der Waals surface area contributed by atoms with Gasteiger partial charge in [-0.1, -0.05) is 47.0 Å². The van der Waals surface area contributed by atoms with Crippen molar-refractivity contribution in [1.82, 2.24) is 5.43 Å². The Bertz CT molecular complexity index is 581. The minimum Gasteiger partial charge on any atom is -0.492 e. The zero-order valence-electron chi connectivity index (χ0n) is 12.4. The number of hydrazine groups is 1. The SMILES string of the molecule is Cc1cc(C)cc(CC(COc2cccc(Cl)c2)NN)c1. The van der Waals surface area contributed by atoms with Crippen LogP contribution in [0.1, 0.15) is 16.7 Å². The molecule has 0 bridgehead atoms. The lowest BCUT2D eigenvalue weighted by molar-refractivity contribution is 0.264. The van der Waals surface area contributed by atoms with Gasteiger partial charge in [-0.25, -0.2) is 0 Å². The Morgan fingerprint density at radius 3 is 2.48 bits per heavy atom. The number of hydrogen-bond acceptors (Lipinski definition) is 3. The molecule has 0 radical (unpaired) electrons. The van der Waals surface area contributed by atoms with Gasteiger partial charge in [-0.2, -0.15) is 0 Å². The van der Waals surface area contributed by atoms with Crippen molar-refractivity contribution in [2.24, 2.45) is 5.84 Å². The van der Waals surface area contributed by atoms with E-state index in [1.54, 1.807) is 6.07 Å². The molecule has 1 atom stereocenters. The summed E-state index contributed by atoms with van der Waals surface area (Å²) >= 11 is 5.94. The summed E-state index contributed by atoms with van der Waals surface area (Å²) in [6.45, 7) is 4.69. The van der Waals surface area contributed by atoms with Crippen molar-refractivity contribution in [3.05, 3.63) is 64.2 Å². The Hall–Kier alpha value is -1.55. The predicted octanol–water partition coefficient (Wildman–Crippen LogP) is 3.41. The van der Waals surface area contributed by atoms with Crippen LogP contribution in [0.25, 0.3) is 0 Å². The summed E-state index contributed by atoms with van der Waals surface area (Å²) in [5.41, 5.74) is 6.59. The topological polar surface area (TPSA) is 47.3 Å². The zero-order valence-corrected chi connectivity index (χ0v) is 13.2. The molecule has 1 unspecified atom stereocenters. The standard InChI is InChI=1S/C17H21ClN2O/c1-12-6-13(2)8-14(7-12)9-16(20-19)11-21-17-5-3-4-15(18)10-17/h3-8,10,16,20H,9,11,19H2,1-2H3. The van der Waals surface area contributed by atoms with E-state index in [4.69, 9.17) is 22.2 Å². The third-order valence-electron chi connectivity index (χ3n) is 3.25. The molecule has 3 N–H and O–H groups in total. The van der Waals surface area contributed by atoms with Crippen LogP contribution >= 0.6 is 11.6 Å². The molecule has 0 fully saturated rings. The van der Waals surface area contributed by atoms with E-state index in [2.05, 4.69) is 37.5 Å².